The smallest absolute Gasteiger partial charge is 0.273 e. The average Bonchev–Trinajstić information content (AvgIpc) is 3.18. The van der Waals surface area contributed by atoms with Crippen LogP contribution in [0.15, 0.2) is 23.0 Å². The number of rotatable bonds is 5. The molecule has 1 N–H and O–H groups in total. The van der Waals surface area contributed by atoms with Gasteiger partial charge in [0.25, 0.3) is 5.91 Å². The Labute approximate surface area is 140 Å². The summed E-state index contributed by atoms with van der Waals surface area (Å²) in [6.45, 7) is 4.89. The highest BCUT2D eigenvalue weighted by Crippen LogP contribution is 2.25. The fraction of sp³-hybridized carbons (Fsp3) is 0.500. The van der Waals surface area contributed by atoms with Crippen LogP contribution in [0.25, 0.3) is 0 Å². The van der Waals surface area contributed by atoms with Gasteiger partial charge in [0.1, 0.15) is 17.9 Å². The maximum atomic E-state index is 12.2. The summed E-state index contributed by atoms with van der Waals surface area (Å²) in [4.78, 5) is 22.8. The first-order valence-electron chi connectivity index (χ1n) is 7.86. The molecule has 1 saturated heterocycles. The van der Waals surface area contributed by atoms with E-state index in [-0.39, 0.29) is 18.1 Å². The zero-order chi connectivity index (χ0) is 17.1. The van der Waals surface area contributed by atoms with Crippen LogP contribution in [0.2, 0.25) is 0 Å². The summed E-state index contributed by atoms with van der Waals surface area (Å²) in [7, 11) is 1.70. The van der Waals surface area contributed by atoms with Gasteiger partial charge in [-0.3, -0.25) is 4.79 Å². The number of amides is 1. The minimum absolute atomic E-state index is 0.0983. The van der Waals surface area contributed by atoms with Crippen LogP contribution in [-0.2, 0) is 4.74 Å². The zero-order valence-corrected chi connectivity index (χ0v) is 14.0. The minimum Gasteiger partial charge on any atom is -0.380 e. The van der Waals surface area contributed by atoms with E-state index >= 15 is 0 Å². The van der Waals surface area contributed by atoms with Gasteiger partial charge in [-0.15, -0.1) is 0 Å². The van der Waals surface area contributed by atoms with Gasteiger partial charge in [-0.2, -0.15) is 0 Å². The van der Waals surface area contributed by atoms with Crippen LogP contribution in [0.3, 0.4) is 0 Å². The largest absolute Gasteiger partial charge is 0.380 e. The highest BCUT2D eigenvalue weighted by molar-refractivity contribution is 5.92. The van der Waals surface area contributed by atoms with E-state index in [1.165, 1.54) is 0 Å². The van der Waals surface area contributed by atoms with Crippen LogP contribution >= 0.6 is 0 Å². The second kappa shape index (κ2) is 6.96. The highest BCUT2D eigenvalue weighted by Gasteiger charge is 2.33. The molecule has 1 fully saturated rings. The number of nitrogens with zero attached hydrogens (tertiary/aromatic N) is 4. The molecule has 128 valence electrons. The van der Waals surface area contributed by atoms with Crippen molar-refractivity contribution in [3.8, 4) is 0 Å². The maximum absolute atomic E-state index is 12.2. The summed E-state index contributed by atoms with van der Waals surface area (Å²) in [6, 6.07) is 3.66. The number of nitrogens with one attached hydrogen (secondary N) is 1. The normalized spacial score (nSPS) is 20.4. The quantitative estimate of drug-likeness (QED) is 0.877. The molecule has 0 bridgehead atoms. The van der Waals surface area contributed by atoms with E-state index in [1.807, 2.05) is 13.0 Å². The number of aromatic nitrogens is 3. The lowest BCUT2D eigenvalue weighted by Gasteiger charge is -2.25. The topological polar surface area (TPSA) is 93.4 Å². The van der Waals surface area contributed by atoms with Gasteiger partial charge in [-0.05, 0) is 20.3 Å². The molecule has 0 aliphatic carbocycles. The van der Waals surface area contributed by atoms with Crippen molar-refractivity contribution in [1.82, 2.24) is 20.4 Å². The summed E-state index contributed by atoms with van der Waals surface area (Å²) in [5.41, 5.74) is 1.19. The Morgan fingerprint density at radius 2 is 2.25 bits per heavy atom. The third-order valence-electron chi connectivity index (χ3n) is 4.15. The predicted octanol–water partition coefficient (Wildman–Crippen LogP) is 1.11. The number of ether oxygens (including phenoxy) is 1. The molecule has 2 atom stereocenters. The minimum atomic E-state index is -0.244. The molecule has 2 aromatic rings. The first-order valence-corrected chi connectivity index (χ1v) is 7.86. The lowest BCUT2D eigenvalue weighted by atomic mass is 10.2. The number of methoxy groups -OCH3 is 1. The molecule has 0 aromatic carbocycles. The molecule has 8 heteroatoms. The molecule has 0 unspecified atom stereocenters. The molecule has 0 radical (unpaired) electrons. The number of carbonyl (C=O) groups is 1. The molecular formula is C16H21N5O3. The molecule has 3 heterocycles. The van der Waals surface area contributed by atoms with E-state index in [0.717, 1.165) is 24.5 Å². The Kier molecular flexibility index (Phi) is 4.75. The molecule has 1 aliphatic rings. The van der Waals surface area contributed by atoms with Gasteiger partial charge < -0.3 is 19.5 Å². The third-order valence-corrected chi connectivity index (χ3v) is 4.15. The van der Waals surface area contributed by atoms with Crippen LogP contribution in [0.1, 0.15) is 28.4 Å². The van der Waals surface area contributed by atoms with Gasteiger partial charge in [0.15, 0.2) is 5.69 Å². The van der Waals surface area contributed by atoms with E-state index in [1.54, 1.807) is 26.4 Å². The van der Waals surface area contributed by atoms with E-state index in [9.17, 15) is 4.79 Å². The van der Waals surface area contributed by atoms with Crippen molar-refractivity contribution in [3.05, 3.63) is 35.6 Å². The van der Waals surface area contributed by atoms with Crippen molar-refractivity contribution in [2.45, 2.75) is 32.4 Å². The Bertz CT molecular complexity index is 717. The van der Waals surface area contributed by atoms with Crippen LogP contribution in [-0.4, -0.2) is 53.4 Å². The Morgan fingerprint density at radius 3 is 2.92 bits per heavy atom. The van der Waals surface area contributed by atoms with Gasteiger partial charge in [-0.25, -0.2) is 9.97 Å². The highest BCUT2D eigenvalue weighted by atomic mass is 16.5. The molecular weight excluding hydrogens is 310 g/mol. The van der Waals surface area contributed by atoms with Crippen LogP contribution < -0.4 is 10.2 Å². The summed E-state index contributed by atoms with van der Waals surface area (Å²) in [6.07, 6.45) is 2.48. The van der Waals surface area contributed by atoms with Gasteiger partial charge in [-0.1, -0.05) is 5.16 Å². The van der Waals surface area contributed by atoms with Gasteiger partial charge in [0.2, 0.25) is 0 Å². The number of hydrogen-bond donors (Lipinski definition) is 1. The van der Waals surface area contributed by atoms with Crippen molar-refractivity contribution >= 4 is 11.7 Å². The van der Waals surface area contributed by atoms with E-state index < -0.39 is 0 Å². The van der Waals surface area contributed by atoms with Gasteiger partial charge in [0.05, 0.1) is 12.1 Å². The molecule has 0 saturated carbocycles. The first-order chi connectivity index (χ1) is 11.6. The fourth-order valence-electron chi connectivity index (χ4n) is 2.89. The Hall–Kier alpha value is -2.48. The number of carbonyl (C=O) groups excluding carboxylic acids is 1. The average molecular weight is 331 g/mol. The standard InChI is InChI=1S/C16H21N5O3/c1-10-4-15(19-9-18-10)21-8-13(23-3)6-12(21)7-17-16(22)14-5-11(2)24-20-14/h4-5,9,12-13H,6-8H2,1-3H3,(H,17,22)/t12-,13-/m0/s1. The molecule has 2 aromatic heterocycles. The number of aryl methyl sites for hydroxylation is 2. The van der Waals surface area contributed by atoms with Crippen molar-refractivity contribution in [1.29, 1.82) is 0 Å². The van der Waals surface area contributed by atoms with Crippen molar-refractivity contribution in [2.75, 3.05) is 25.1 Å². The maximum Gasteiger partial charge on any atom is 0.273 e. The van der Waals surface area contributed by atoms with E-state index in [2.05, 4.69) is 25.3 Å². The van der Waals surface area contributed by atoms with E-state index in [4.69, 9.17) is 9.26 Å². The second-order valence-corrected chi connectivity index (χ2v) is 5.95. The summed E-state index contributed by atoms with van der Waals surface area (Å²) in [5, 5.41) is 6.65. The summed E-state index contributed by atoms with van der Waals surface area (Å²) in [5.74, 6) is 1.21. The van der Waals surface area contributed by atoms with Crippen molar-refractivity contribution in [2.24, 2.45) is 0 Å². The third kappa shape index (κ3) is 3.53. The van der Waals surface area contributed by atoms with Crippen molar-refractivity contribution in [3.63, 3.8) is 0 Å². The monoisotopic (exact) mass is 331 g/mol. The lowest BCUT2D eigenvalue weighted by Crippen LogP contribution is -2.40. The molecule has 3 rings (SSSR count). The zero-order valence-electron chi connectivity index (χ0n) is 14.0. The van der Waals surface area contributed by atoms with Crippen molar-refractivity contribution < 1.29 is 14.1 Å². The Morgan fingerprint density at radius 1 is 1.42 bits per heavy atom. The summed E-state index contributed by atoms with van der Waals surface area (Å²) >= 11 is 0. The van der Waals surface area contributed by atoms with Crippen LogP contribution in [0, 0.1) is 13.8 Å². The second-order valence-electron chi connectivity index (χ2n) is 5.95. The number of anilines is 1. The van der Waals surface area contributed by atoms with Crippen LogP contribution in [0.5, 0.6) is 0 Å². The van der Waals surface area contributed by atoms with E-state index in [0.29, 0.717) is 18.0 Å². The SMILES string of the molecule is CO[C@H]1C[C@@H](CNC(=O)c2cc(C)on2)N(c2cc(C)ncn2)C1. The number of hydrogen-bond acceptors (Lipinski definition) is 7. The lowest BCUT2D eigenvalue weighted by molar-refractivity contribution is 0.0937. The van der Waals surface area contributed by atoms with Crippen LogP contribution in [0.4, 0.5) is 5.82 Å². The molecule has 24 heavy (non-hydrogen) atoms. The first kappa shape index (κ1) is 16.4. The molecule has 0 spiro atoms. The van der Waals surface area contributed by atoms with Gasteiger partial charge in [0, 0.05) is 38.0 Å². The molecule has 8 nitrogen and oxygen atoms in total. The molecule has 1 amide bonds. The van der Waals surface area contributed by atoms with Gasteiger partial charge >= 0.3 is 0 Å². The summed E-state index contributed by atoms with van der Waals surface area (Å²) < 4.78 is 10.4. The Balaban J connectivity index is 1.68. The predicted molar refractivity (Wildman–Crippen MR) is 86.9 cm³/mol. The fourth-order valence-corrected chi connectivity index (χ4v) is 2.89. The molecule has 1 aliphatic heterocycles.